The fourth-order valence-electron chi connectivity index (χ4n) is 1.99. The van der Waals surface area contributed by atoms with Crippen LogP contribution in [0.1, 0.15) is 51.0 Å². The quantitative estimate of drug-likeness (QED) is 0.358. The van der Waals surface area contributed by atoms with Crippen molar-refractivity contribution < 1.29 is 23.4 Å². The first-order valence-corrected chi connectivity index (χ1v) is 9.46. The first-order chi connectivity index (χ1) is 11.0. The van der Waals surface area contributed by atoms with E-state index in [1.807, 2.05) is 35.8 Å². The molecule has 6 nitrogen and oxygen atoms in total. The van der Waals surface area contributed by atoms with E-state index in [4.69, 9.17) is 4.52 Å². The summed E-state index contributed by atoms with van der Waals surface area (Å²) in [4.78, 5) is 23.0. The maximum Gasteiger partial charge on any atom is 0.290 e. The van der Waals surface area contributed by atoms with Crippen LogP contribution in [0, 0.1) is 0 Å². The summed E-state index contributed by atoms with van der Waals surface area (Å²) in [5, 5.41) is 0. The Labute approximate surface area is 137 Å². The molecule has 7 heteroatoms. The summed E-state index contributed by atoms with van der Waals surface area (Å²) in [6.45, 7) is 2.09. The normalized spacial score (nSPS) is 13.5. The summed E-state index contributed by atoms with van der Waals surface area (Å²) in [6.07, 6.45) is 5.71. The van der Waals surface area contributed by atoms with Crippen molar-refractivity contribution in [3.63, 3.8) is 0 Å². The summed E-state index contributed by atoms with van der Waals surface area (Å²) >= 11 is 0. The first-order valence-electron chi connectivity index (χ1n) is 8.00. The van der Waals surface area contributed by atoms with Gasteiger partial charge in [0.05, 0.1) is 6.61 Å². The van der Waals surface area contributed by atoms with Gasteiger partial charge in [0.2, 0.25) is 5.91 Å². The van der Waals surface area contributed by atoms with Gasteiger partial charge in [-0.15, -0.1) is 0 Å². The Bertz CT molecular complexity index is 495. The number of hydroxylamine groups is 1. The lowest BCUT2D eigenvalue weighted by Crippen LogP contribution is -2.25. The molecule has 0 saturated heterocycles. The van der Waals surface area contributed by atoms with E-state index in [1.54, 1.807) is 0 Å². The van der Waals surface area contributed by atoms with E-state index in [2.05, 4.69) is 11.5 Å². The number of amides is 1. The van der Waals surface area contributed by atoms with Crippen LogP contribution in [0.3, 0.4) is 0 Å². The second kappa shape index (κ2) is 11.4. The second-order valence-corrected chi connectivity index (χ2v) is 6.63. The predicted octanol–water partition coefficient (Wildman–Crippen LogP) is 3.12. The topological polar surface area (TPSA) is 87.7 Å². The minimum atomic E-state index is -4.52. The first kappa shape index (κ1) is 19.8. The molecule has 1 atom stereocenters. The molecule has 0 spiro atoms. The zero-order valence-electron chi connectivity index (χ0n) is 13.5. The molecule has 0 bridgehead atoms. The third kappa shape index (κ3) is 10.2. The number of hydrogen-bond donors (Lipinski definition) is 1. The molecule has 1 rings (SSSR count). The minimum Gasteiger partial charge on any atom is -0.755 e. The largest absolute Gasteiger partial charge is 0.755 e. The lowest BCUT2D eigenvalue weighted by Gasteiger charge is -2.22. The molecule has 0 aromatic heterocycles. The van der Waals surface area contributed by atoms with Gasteiger partial charge in [0.25, 0.3) is 7.82 Å². The zero-order valence-corrected chi connectivity index (χ0v) is 14.4. The van der Waals surface area contributed by atoms with E-state index in [0.29, 0.717) is 12.8 Å². The summed E-state index contributed by atoms with van der Waals surface area (Å²) in [5.74, 6) is -0.454. The molecule has 0 fully saturated rings. The van der Waals surface area contributed by atoms with Crippen molar-refractivity contribution >= 4 is 13.7 Å². The van der Waals surface area contributed by atoms with Crippen LogP contribution in [0.5, 0.6) is 0 Å². The maximum absolute atomic E-state index is 11.5. The van der Waals surface area contributed by atoms with Gasteiger partial charge >= 0.3 is 0 Å². The molecule has 1 aromatic rings. The monoisotopic (exact) mass is 342 g/mol. The third-order valence-electron chi connectivity index (χ3n) is 3.26. The maximum atomic E-state index is 11.5. The molecule has 0 aliphatic carbocycles. The Balaban J connectivity index is 2.14. The van der Waals surface area contributed by atoms with Crippen LogP contribution in [-0.2, 0) is 24.9 Å². The van der Waals surface area contributed by atoms with Crippen molar-refractivity contribution in [2.45, 2.75) is 51.9 Å². The molecule has 130 valence electrons. The van der Waals surface area contributed by atoms with Crippen LogP contribution in [0.2, 0.25) is 0 Å². The standard InChI is InChI=1S/C16H26NO5P/c1-2-3-4-5-9-12-16(18)17-22-23(19,20)21-14-13-15-10-7-6-8-11-15/h6-8,10-11H,2-5,9,12-14H2,1H3,(H,17,18)(H,19,20)/p-1. The van der Waals surface area contributed by atoms with Crippen molar-refractivity contribution in [1.82, 2.24) is 5.48 Å². The molecule has 1 amide bonds. The number of carbonyl (C=O) groups excluding carboxylic acids is 1. The highest BCUT2D eigenvalue weighted by Gasteiger charge is 2.12. The van der Waals surface area contributed by atoms with Crippen molar-refractivity contribution in [1.29, 1.82) is 0 Å². The molecular weight excluding hydrogens is 317 g/mol. The van der Waals surface area contributed by atoms with Crippen LogP contribution in [0.25, 0.3) is 0 Å². The van der Waals surface area contributed by atoms with E-state index < -0.39 is 13.7 Å². The van der Waals surface area contributed by atoms with Gasteiger partial charge in [-0.25, -0.2) is 10.1 Å². The number of carbonyl (C=O) groups is 1. The van der Waals surface area contributed by atoms with Crippen LogP contribution in [-0.4, -0.2) is 12.5 Å². The minimum absolute atomic E-state index is 0.0301. The van der Waals surface area contributed by atoms with Crippen LogP contribution >= 0.6 is 7.82 Å². The molecule has 1 aromatic carbocycles. The number of hydrogen-bond acceptors (Lipinski definition) is 5. The molecule has 23 heavy (non-hydrogen) atoms. The van der Waals surface area contributed by atoms with Gasteiger partial charge in [-0.3, -0.25) is 9.36 Å². The molecule has 0 saturated carbocycles. The van der Waals surface area contributed by atoms with E-state index in [0.717, 1.165) is 31.2 Å². The molecule has 0 aliphatic heterocycles. The Morgan fingerprint density at radius 3 is 2.57 bits per heavy atom. The number of rotatable bonds is 12. The molecule has 1 unspecified atom stereocenters. The van der Waals surface area contributed by atoms with Crippen LogP contribution in [0.4, 0.5) is 0 Å². The average Bonchev–Trinajstić information content (AvgIpc) is 2.54. The molecular formula is C16H25NO5P-. The fraction of sp³-hybridized carbons (Fsp3) is 0.562. The molecule has 0 heterocycles. The summed E-state index contributed by atoms with van der Waals surface area (Å²) in [5.41, 5.74) is 2.88. The van der Waals surface area contributed by atoms with E-state index >= 15 is 0 Å². The number of nitrogens with one attached hydrogen (secondary N) is 1. The fourth-order valence-corrected chi connectivity index (χ4v) is 2.57. The average molecular weight is 342 g/mol. The highest BCUT2D eigenvalue weighted by Crippen LogP contribution is 2.36. The van der Waals surface area contributed by atoms with Crippen molar-refractivity contribution in [2.75, 3.05) is 6.61 Å². The van der Waals surface area contributed by atoms with Gasteiger partial charge in [-0.1, -0.05) is 62.9 Å². The Morgan fingerprint density at radius 2 is 1.87 bits per heavy atom. The third-order valence-corrected chi connectivity index (χ3v) is 4.08. The summed E-state index contributed by atoms with van der Waals surface area (Å²) < 4.78 is 20.6. The lowest BCUT2D eigenvalue weighted by atomic mass is 10.1. The van der Waals surface area contributed by atoms with Gasteiger partial charge in [0, 0.05) is 6.42 Å². The highest BCUT2D eigenvalue weighted by atomic mass is 31.2. The van der Waals surface area contributed by atoms with Crippen molar-refractivity contribution in [2.24, 2.45) is 0 Å². The van der Waals surface area contributed by atoms with Gasteiger partial charge in [0.15, 0.2) is 0 Å². The lowest BCUT2D eigenvalue weighted by molar-refractivity contribution is -0.231. The van der Waals surface area contributed by atoms with Crippen LogP contribution < -0.4 is 10.4 Å². The SMILES string of the molecule is CCCCCCCC(=O)NOP(=O)([O-])OCCc1ccccc1. The second-order valence-electron chi connectivity index (χ2n) is 5.30. The summed E-state index contributed by atoms with van der Waals surface area (Å²) in [7, 11) is -4.52. The molecule has 0 aliphatic rings. The van der Waals surface area contributed by atoms with E-state index in [-0.39, 0.29) is 13.0 Å². The Morgan fingerprint density at radius 1 is 1.17 bits per heavy atom. The summed E-state index contributed by atoms with van der Waals surface area (Å²) in [6, 6.07) is 9.36. The number of phosphoric ester groups is 1. The van der Waals surface area contributed by atoms with Crippen LogP contribution in [0.15, 0.2) is 30.3 Å². The zero-order chi connectivity index (χ0) is 17.0. The van der Waals surface area contributed by atoms with E-state index in [9.17, 15) is 14.3 Å². The predicted molar refractivity (Wildman–Crippen MR) is 86.3 cm³/mol. The van der Waals surface area contributed by atoms with Gasteiger partial charge in [0.1, 0.15) is 0 Å². The molecule has 0 radical (unpaired) electrons. The highest BCUT2D eigenvalue weighted by molar-refractivity contribution is 7.45. The van der Waals surface area contributed by atoms with E-state index in [1.165, 1.54) is 0 Å². The van der Waals surface area contributed by atoms with Gasteiger partial charge in [-0.05, 0) is 18.4 Å². The van der Waals surface area contributed by atoms with Crippen molar-refractivity contribution in [3.8, 4) is 0 Å². The Hall–Kier alpha value is -1.20. The number of unbranched alkanes of at least 4 members (excludes halogenated alkanes) is 4. The molecule has 1 N–H and O–H groups in total. The number of phosphoric acid groups is 1. The van der Waals surface area contributed by atoms with Crippen molar-refractivity contribution in [3.05, 3.63) is 35.9 Å². The van der Waals surface area contributed by atoms with Gasteiger partial charge < -0.3 is 9.42 Å². The smallest absolute Gasteiger partial charge is 0.290 e. The number of benzene rings is 1. The Kier molecular flexibility index (Phi) is 9.80. The van der Waals surface area contributed by atoms with Gasteiger partial charge in [-0.2, -0.15) is 0 Å².